The number of imidazole rings is 1. The number of pyridine rings is 1. The van der Waals surface area contributed by atoms with Crippen molar-refractivity contribution >= 4 is 23.4 Å². The largest absolute Gasteiger partial charge is 0.494 e. The third-order valence-electron chi connectivity index (χ3n) is 5.65. The van der Waals surface area contributed by atoms with Gasteiger partial charge in [-0.1, -0.05) is 31.5 Å². The first-order chi connectivity index (χ1) is 18.0. The van der Waals surface area contributed by atoms with Crippen LogP contribution in [0.25, 0.3) is 16.9 Å². The van der Waals surface area contributed by atoms with E-state index in [1.54, 1.807) is 49.4 Å². The number of ether oxygens (including phenoxy) is 3. The van der Waals surface area contributed by atoms with Crippen molar-refractivity contribution < 1.29 is 23.8 Å². The van der Waals surface area contributed by atoms with Crippen LogP contribution in [0.4, 0.5) is 5.82 Å². The van der Waals surface area contributed by atoms with E-state index in [2.05, 4.69) is 12.2 Å². The molecule has 4 aromatic rings. The smallest absolute Gasteiger partial charge is 0.343 e. The summed E-state index contributed by atoms with van der Waals surface area (Å²) >= 11 is 0. The summed E-state index contributed by atoms with van der Waals surface area (Å²) in [4.78, 5) is 29.5. The van der Waals surface area contributed by atoms with Crippen LogP contribution in [0.2, 0.25) is 0 Å². The van der Waals surface area contributed by atoms with Gasteiger partial charge in [0, 0.05) is 11.8 Å². The Morgan fingerprint density at radius 3 is 2.57 bits per heavy atom. The highest BCUT2D eigenvalue weighted by Crippen LogP contribution is 2.31. The van der Waals surface area contributed by atoms with Gasteiger partial charge in [-0.25, -0.2) is 9.78 Å². The van der Waals surface area contributed by atoms with E-state index in [0.717, 1.165) is 35.4 Å². The second-order valence-corrected chi connectivity index (χ2v) is 8.55. The maximum atomic E-state index is 12.8. The van der Waals surface area contributed by atoms with Crippen LogP contribution < -0.4 is 14.8 Å². The number of anilines is 1. The van der Waals surface area contributed by atoms with E-state index in [-0.39, 0.29) is 12.5 Å². The molecule has 192 valence electrons. The minimum atomic E-state index is -0.469. The Morgan fingerprint density at radius 2 is 1.81 bits per heavy atom. The number of hydrogen-bond donors (Lipinski definition) is 1. The number of carbonyl (C=O) groups excluding carboxylic acids is 2. The molecule has 2 aromatic carbocycles. The number of nitrogens with one attached hydrogen (secondary N) is 1. The molecule has 0 fully saturated rings. The van der Waals surface area contributed by atoms with Gasteiger partial charge in [0.05, 0.1) is 18.8 Å². The van der Waals surface area contributed by atoms with Gasteiger partial charge in [-0.15, -0.1) is 0 Å². The van der Waals surface area contributed by atoms with Gasteiger partial charge in [-0.2, -0.15) is 0 Å². The lowest BCUT2D eigenvalue weighted by Crippen LogP contribution is -2.18. The minimum absolute atomic E-state index is 0.00456. The molecule has 2 heterocycles. The monoisotopic (exact) mass is 501 g/mol. The number of rotatable bonds is 11. The molecule has 0 aliphatic carbocycles. The molecule has 0 spiro atoms. The highest BCUT2D eigenvalue weighted by molar-refractivity contribution is 5.91. The lowest BCUT2D eigenvalue weighted by Gasteiger charge is -2.10. The summed E-state index contributed by atoms with van der Waals surface area (Å²) in [7, 11) is 0. The topological polar surface area (TPSA) is 91.2 Å². The fourth-order valence-corrected chi connectivity index (χ4v) is 3.78. The zero-order valence-electron chi connectivity index (χ0n) is 21.3. The molecule has 0 unspecified atom stereocenters. The SMILES string of the molecule is CCCCOc1ccc(C(=O)Oc2cccc(-c3nc4ccc(C)cn4c3NCC(=O)OCC)c2)cc1. The third kappa shape index (κ3) is 6.46. The first kappa shape index (κ1) is 25.8. The molecule has 8 nitrogen and oxygen atoms in total. The van der Waals surface area contributed by atoms with Crippen molar-refractivity contribution in [1.82, 2.24) is 9.38 Å². The van der Waals surface area contributed by atoms with Gasteiger partial charge in [0.1, 0.15) is 35.2 Å². The number of aryl methyl sites for hydroxylation is 1. The Labute approximate surface area is 216 Å². The molecule has 0 saturated carbocycles. The third-order valence-corrected chi connectivity index (χ3v) is 5.65. The summed E-state index contributed by atoms with van der Waals surface area (Å²) < 4.78 is 18.3. The van der Waals surface area contributed by atoms with Gasteiger partial charge in [0.2, 0.25) is 0 Å². The van der Waals surface area contributed by atoms with Crippen LogP contribution >= 0.6 is 0 Å². The normalized spacial score (nSPS) is 10.8. The van der Waals surface area contributed by atoms with Crippen molar-refractivity contribution in [3.05, 3.63) is 78.0 Å². The average Bonchev–Trinajstić information content (AvgIpc) is 3.26. The molecule has 0 amide bonds. The first-order valence-corrected chi connectivity index (χ1v) is 12.4. The molecular formula is C29H31N3O5. The van der Waals surface area contributed by atoms with Gasteiger partial charge >= 0.3 is 11.9 Å². The fourth-order valence-electron chi connectivity index (χ4n) is 3.78. The summed E-state index contributed by atoms with van der Waals surface area (Å²) in [5.74, 6) is 0.922. The van der Waals surface area contributed by atoms with Gasteiger partial charge in [-0.3, -0.25) is 9.20 Å². The standard InChI is InChI=1S/C29H31N3O5/c1-4-6-16-36-23-13-11-21(12-14-23)29(34)37-24-9-7-8-22(17-24)27-28(30-18-26(33)35-5-2)32-19-20(3)10-15-25(32)31-27/h7-15,17,19,30H,4-6,16,18H2,1-3H3. The average molecular weight is 502 g/mol. The Kier molecular flexibility index (Phi) is 8.40. The van der Waals surface area contributed by atoms with Crippen LogP contribution in [0.1, 0.15) is 42.6 Å². The number of carbonyl (C=O) groups is 2. The first-order valence-electron chi connectivity index (χ1n) is 12.4. The fraction of sp³-hybridized carbons (Fsp3) is 0.276. The highest BCUT2D eigenvalue weighted by atomic mass is 16.5. The van der Waals surface area contributed by atoms with E-state index in [1.165, 1.54) is 0 Å². The molecule has 8 heteroatoms. The van der Waals surface area contributed by atoms with Crippen LogP contribution in [-0.2, 0) is 9.53 Å². The Bertz CT molecular complexity index is 1380. The van der Waals surface area contributed by atoms with Crippen molar-refractivity contribution in [2.75, 3.05) is 25.1 Å². The number of nitrogens with zero attached hydrogens (tertiary/aromatic N) is 2. The molecule has 0 saturated heterocycles. The van der Waals surface area contributed by atoms with Crippen LogP contribution in [0.3, 0.4) is 0 Å². The van der Waals surface area contributed by atoms with Crippen LogP contribution in [0.5, 0.6) is 11.5 Å². The molecule has 0 aliphatic heterocycles. The van der Waals surface area contributed by atoms with Crippen molar-refractivity contribution in [3.63, 3.8) is 0 Å². The van der Waals surface area contributed by atoms with Crippen LogP contribution in [0.15, 0.2) is 66.9 Å². The number of unbranched alkanes of at least 4 members (excludes halogenated alkanes) is 1. The maximum Gasteiger partial charge on any atom is 0.343 e. The number of esters is 2. The highest BCUT2D eigenvalue weighted by Gasteiger charge is 2.17. The molecule has 37 heavy (non-hydrogen) atoms. The predicted molar refractivity (Wildman–Crippen MR) is 142 cm³/mol. The Morgan fingerprint density at radius 1 is 1.00 bits per heavy atom. The second kappa shape index (κ2) is 12.1. The summed E-state index contributed by atoms with van der Waals surface area (Å²) in [6.07, 6.45) is 3.98. The van der Waals surface area contributed by atoms with E-state index in [0.29, 0.717) is 36.0 Å². The predicted octanol–water partition coefficient (Wildman–Crippen LogP) is 5.68. The zero-order valence-corrected chi connectivity index (χ0v) is 21.3. The number of benzene rings is 2. The Balaban J connectivity index is 1.56. The lowest BCUT2D eigenvalue weighted by atomic mass is 10.1. The molecule has 1 N–H and O–H groups in total. The van der Waals surface area contributed by atoms with E-state index in [4.69, 9.17) is 19.2 Å². The summed E-state index contributed by atoms with van der Waals surface area (Å²) in [5, 5.41) is 3.16. The number of hydrogen-bond acceptors (Lipinski definition) is 7. The van der Waals surface area contributed by atoms with E-state index in [1.807, 2.05) is 35.7 Å². The lowest BCUT2D eigenvalue weighted by molar-refractivity contribution is -0.140. The molecule has 0 bridgehead atoms. The van der Waals surface area contributed by atoms with Crippen LogP contribution in [0, 0.1) is 6.92 Å². The van der Waals surface area contributed by atoms with Crippen molar-refractivity contribution in [3.8, 4) is 22.8 Å². The zero-order chi connectivity index (χ0) is 26.2. The van der Waals surface area contributed by atoms with Crippen molar-refractivity contribution in [2.45, 2.75) is 33.6 Å². The van der Waals surface area contributed by atoms with Crippen molar-refractivity contribution in [1.29, 1.82) is 0 Å². The summed E-state index contributed by atoms with van der Waals surface area (Å²) in [6, 6.07) is 17.9. The summed E-state index contributed by atoms with van der Waals surface area (Å²) in [5.41, 5.74) is 3.54. The second-order valence-electron chi connectivity index (χ2n) is 8.55. The summed E-state index contributed by atoms with van der Waals surface area (Å²) in [6.45, 7) is 6.80. The maximum absolute atomic E-state index is 12.8. The molecular weight excluding hydrogens is 470 g/mol. The molecule has 4 rings (SSSR count). The van der Waals surface area contributed by atoms with Crippen LogP contribution in [-0.4, -0.2) is 41.1 Å². The van der Waals surface area contributed by atoms with Gasteiger partial charge in [-0.05, 0) is 68.3 Å². The molecule has 2 aromatic heterocycles. The minimum Gasteiger partial charge on any atom is -0.494 e. The number of fused-ring (bicyclic) bond motifs is 1. The Hall–Kier alpha value is -4.33. The van der Waals surface area contributed by atoms with Gasteiger partial charge < -0.3 is 19.5 Å². The molecule has 0 atom stereocenters. The van der Waals surface area contributed by atoms with E-state index in [9.17, 15) is 9.59 Å². The van der Waals surface area contributed by atoms with Gasteiger partial charge in [0.15, 0.2) is 0 Å². The number of aromatic nitrogens is 2. The molecule has 0 radical (unpaired) electrons. The van der Waals surface area contributed by atoms with Crippen molar-refractivity contribution in [2.24, 2.45) is 0 Å². The quantitative estimate of drug-likeness (QED) is 0.161. The molecule has 0 aliphatic rings. The van der Waals surface area contributed by atoms with Gasteiger partial charge in [0.25, 0.3) is 0 Å². The van der Waals surface area contributed by atoms with E-state index < -0.39 is 5.97 Å². The van der Waals surface area contributed by atoms with E-state index >= 15 is 0 Å².